The van der Waals surface area contributed by atoms with E-state index >= 15 is 0 Å². The van der Waals surface area contributed by atoms with Crippen LogP contribution in [0.1, 0.15) is 110 Å². The fraction of sp³-hybridized carbons (Fsp3) is 0.767. The van der Waals surface area contributed by atoms with Crippen LogP contribution in [0.3, 0.4) is 0 Å². The first kappa shape index (κ1) is 35.7. The highest BCUT2D eigenvalue weighted by molar-refractivity contribution is 7.84. The van der Waals surface area contributed by atoms with Crippen LogP contribution in [0, 0.1) is 0 Å². The molecule has 0 saturated heterocycles. The number of hydrogen-bond donors (Lipinski definition) is 0. The summed E-state index contributed by atoms with van der Waals surface area (Å²) in [5.74, 6) is 0. The van der Waals surface area contributed by atoms with Gasteiger partial charge in [-0.3, -0.25) is 0 Å². The lowest BCUT2D eigenvalue weighted by molar-refractivity contribution is -0.697. The Balaban J connectivity index is 0.00000235. The number of pyridine rings is 1. The Kier molecular flexibility index (Phi) is 25.4. The molecule has 37 heavy (non-hydrogen) atoms. The summed E-state index contributed by atoms with van der Waals surface area (Å²) in [6.07, 6.45) is 26.5. The van der Waals surface area contributed by atoms with Crippen LogP contribution in [-0.4, -0.2) is 45.7 Å². The summed E-state index contributed by atoms with van der Waals surface area (Å²) in [7, 11) is -3.92. The van der Waals surface area contributed by atoms with E-state index < -0.39 is 10.1 Å². The SMILES string of the molecule is C=C(COCCCCCCCCCCCCCCCC)COCCCC[n+]1ccccc1.CS(=O)(=O)[O-]. The number of rotatable bonds is 24. The van der Waals surface area contributed by atoms with Gasteiger partial charge in [-0.25, -0.2) is 13.0 Å². The number of nitrogens with zero attached hydrogens (tertiary/aromatic N) is 1. The van der Waals surface area contributed by atoms with Crippen molar-refractivity contribution in [1.82, 2.24) is 0 Å². The number of aromatic nitrogens is 1. The lowest BCUT2D eigenvalue weighted by Gasteiger charge is -2.08. The van der Waals surface area contributed by atoms with E-state index in [0.717, 1.165) is 38.2 Å². The molecule has 0 unspecified atom stereocenters. The molecule has 0 aliphatic rings. The Morgan fingerprint density at radius 3 is 1.51 bits per heavy atom. The molecule has 0 spiro atoms. The number of hydrogen-bond acceptors (Lipinski definition) is 5. The third-order valence-corrected chi connectivity index (χ3v) is 5.99. The number of ether oxygens (including phenoxy) is 2. The first-order chi connectivity index (χ1) is 17.8. The molecule has 1 aromatic heterocycles. The Morgan fingerprint density at radius 2 is 1.08 bits per heavy atom. The van der Waals surface area contributed by atoms with Crippen LogP contribution < -0.4 is 4.57 Å². The average Bonchev–Trinajstić information content (AvgIpc) is 2.85. The van der Waals surface area contributed by atoms with Crippen molar-refractivity contribution in [2.75, 3.05) is 32.7 Å². The predicted octanol–water partition coefficient (Wildman–Crippen LogP) is 6.99. The first-order valence-electron chi connectivity index (χ1n) is 14.5. The summed E-state index contributed by atoms with van der Waals surface area (Å²) in [5, 5.41) is 0. The van der Waals surface area contributed by atoms with Crippen molar-refractivity contribution < 1.29 is 27.0 Å². The molecule has 0 aliphatic carbocycles. The van der Waals surface area contributed by atoms with E-state index in [0.29, 0.717) is 19.5 Å². The molecule has 0 amide bonds. The van der Waals surface area contributed by atoms with E-state index in [1.165, 1.54) is 89.9 Å². The van der Waals surface area contributed by atoms with E-state index in [9.17, 15) is 0 Å². The van der Waals surface area contributed by atoms with Crippen molar-refractivity contribution in [2.24, 2.45) is 0 Å². The van der Waals surface area contributed by atoms with Crippen molar-refractivity contribution in [3.8, 4) is 0 Å². The summed E-state index contributed by atoms with van der Waals surface area (Å²) < 4.78 is 40.9. The highest BCUT2D eigenvalue weighted by Crippen LogP contribution is 2.13. The van der Waals surface area contributed by atoms with Crippen LogP contribution >= 0.6 is 0 Å². The fourth-order valence-corrected chi connectivity index (χ4v) is 3.96. The fourth-order valence-electron chi connectivity index (χ4n) is 3.96. The molecule has 0 saturated carbocycles. The van der Waals surface area contributed by atoms with Crippen molar-refractivity contribution in [3.63, 3.8) is 0 Å². The maximum absolute atomic E-state index is 9.08. The second-order valence-corrected chi connectivity index (χ2v) is 11.4. The quantitative estimate of drug-likeness (QED) is 0.0610. The molecule has 1 rings (SSSR count). The van der Waals surface area contributed by atoms with E-state index in [1.54, 1.807) is 0 Å². The molecule has 6 nitrogen and oxygen atoms in total. The zero-order chi connectivity index (χ0) is 27.5. The summed E-state index contributed by atoms with van der Waals surface area (Å²) in [6, 6.07) is 6.19. The van der Waals surface area contributed by atoms with Crippen molar-refractivity contribution in [2.45, 2.75) is 116 Å². The smallest absolute Gasteiger partial charge is 0.168 e. The van der Waals surface area contributed by atoms with E-state index in [2.05, 4.69) is 42.6 Å². The monoisotopic (exact) mass is 541 g/mol. The third kappa shape index (κ3) is 32.7. The average molecular weight is 542 g/mol. The molecule has 0 aliphatic heterocycles. The maximum Gasteiger partial charge on any atom is 0.168 e. The minimum atomic E-state index is -3.92. The summed E-state index contributed by atoms with van der Waals surface area (Å²) >= 11 is 0. The van der Waals surface area contributed by atoms with E-state index in [1.807, 2.05) is 6.07 Å². The molecular weight excluding hydrogens is 486 g/mol. The van der Waals surface area contributed by atoms with Gasteiger partial charge in [-0.1, -0.05) is 103 Å². The Morgan fingerprint density at radius 1 is 0.703 bits per heavy atom. The summed E-state index contributed by atoms with van der Waals surface area (Å²) in [6.45, 7) is 10.3. The van der Waals surface area contributed by atoms with Gasteiger partial charge in [0.2, 0.25) is 0 Å². The van der Waals surface area contributed by atoms with Gasteiger partial charge in [0.05, 0.1) is 23.3 Å². The molecule has 0 N–H and O–H groups in total. The summed E-state index contributed by atoms with van der Waals surface area (Å²) in [4.78, 5) is 0. The minimum Gasteiger partial charge on any atom is -0.748 e. The molecule has 0 fully saturated rings. The van der Waals surface area contributed by atoms with Gasteiger partial charge >= 0.3 is 0 Å². The van der Waals surface area contributed by atoms with Gasteiger partial charge in [0, 0.05) is 38.0 Å². The summed E-state index contributed by atoms with van der Waals surface area (Å²) in [5.41, 5.74) is 1.05. The van der Waals surface area contributed by atoms with Gasteiger partial charge in [0.15, 0.2) is 12.4 Å². The molecule has 0 radical (unpaired) electrons. The number of aryl methyl sites for hydroxylation is 1. The largest absolute Gasteiger partial charge is 0.748 e. The van der Waals surface area contributed by atoms with Gasteiger partial charge in [-0.15, -0.1) is 0 Å². The zero-order valence-corrected chi connectivity index (χ0v) is 24.7. The van der Waals surface area contributed by atoms with Crippen LogP contribution in [0.25, 0.3) is 0 Å². The van der Waals surface area contributed by atoms with Crippen molar-refractivity contribution in [1.29, 1.82) is 0 Å². The van der Waals surface area contributed by atoms with Crippen LogP contribution in [0.15, 0.2) is 42.7 Å². The van der Waals surface area contributed by atoms with Gasteiger partial charge in [0.25, 0.3) is 0 Å². The molecule has 1 heterocycles. The van der Waals surface area contributed by atoms with Crippen molar-refractivity contribution >= 4 is 10.1 Å². The van der Waals surface area contributed by atoms with Gasteiger partial charge < -0.3 is 14.0 Å². The standard InChI is InChI=1S/C29H52NO2.CH4O3S/c1-3-4-5-6-7-8-9-10-11-12-13-14-15-20-25-31-27-29(2)28-32-26-21-19-24-30-22-17-16-18-23-30;1-5(2,3)4/h16-18,22-23H,2-15,19-21,24-28H2,1H3;1H3,(H,2,3,4)/q+1;/p-1. The Hall–Kier alpha value is -1.28. The molecule has 0 atom stereocenters. The second kappa shape index (κ2) is 26.3. The topological polar surface area (TPSA) is 79.5 Å². The third-order valence-electron chi connectivity index (χ3n) is 5.99. The molecule has 0 bridgehead atoms. The maximum atomic E-state index is 9.08. The first-order valence-corrected chi connectivity index (χ1v) is 16.3. The van der Waals surface area contributed by atoms with Crippen LogP contribution in [0.5, 0.6) is 0 Å². The normalized spacial score (nSPS) is 11.2. The molecule has 7 heteroatoms. The Labute approximate surface area is 228 Å². The van der Waals surface area contributed by atoms with Crippen LogP contribution in [-0.2, 0) is 26.1 Å². The Bertz CT molecular complexity index is 717. The lowest BCUT2D eigenvalue weighted by atomic mass is 10.0. The van der Waals surface area contributed by atoms with Crippen molar-refractivity contribution in [3.05, 3.63) is 42.7 Å². The van der Waals surface area contributed by atoms with Gasteiger partial charge in [-0.05, 0) is 18.4 Å². The highest BCUT2D eigenvalue weighted by Gasteiger charge is 2.00. The van der Waals surface area contributed by atoms with Crippen LogP contribution in [0.4, 0.5) is 0 Å². The van der Waals surface area contributed by atoms with E-state index in [4.69, 9.17) is 22.4 Å². The zero-order valence-electron chi connectivity index (χ0n) is 23.8. The second-order valence-electron chi connectivity index (χ2n) is 9.98. The van der Waals surface area contributed by atoms with Crippen LogP contribution in [0.2, 0.25) is 0 Å². The van der Waals surface area contributed by atoms with E-state index in [-0.39, 0.29) is 0 Å². The van der Waals surface area contributed by atoms with Gasteiger partial charge in [0.1, 0.15) is 6.54 Å². The predicted molar refractivity (Wildman–Crippen MR) is 153 cm³/mol. The molecule has 216 valence electrons. The number of unbranched alkanes of at least 4 members (excludes halogenated alkanes) is 14. The molecular formula is C30H55NO5S. The molecule has 0 aromatic carbocycles. The minimum absolute atomic E-state index is 0.604. The lowest BCUT2D eigenvalue weighted by Crippen LogP contribution is -2.32. The molecule has 1 aromatic rings. The highest BCUT2D eigenvalue weighted by atomic mass is 32.2. The van der Waals surface area contributed by atoms with Gasteiger partial charge in [-0.2, -0.15) is 0 Å².